The van der Waals surface area contributed by atoms with Gasteiger partial charge in [-0.2, -0.15) is 0 Å². The summed E-state index contributed by atoms with van der Waals surface area (Å²) in [6.45, 7) is 6.07. The standard InChI is InChI=1S/C12H20N2O3/c1-9(2)14(3)8-4-7-13-11-6-5-10(17-11)12(15)16/h5-6,9,13H,4,7-8H2,1-3H3,(H,15,16). The maximum Gasteiger partial charge on any atom is 0.371 e. The SMILES string of the molecule is CC(C)N(C)CCCNc1ccc(C(=O)O)o1. The number of aromatic carboxylic acids is 1. The van der Waals surface area contributed by atoms with Gasteiger partial charge in [-0.05, 0) is 39.9 Å². The van der Waals surface area contributed by atoms with Crippen LogP contribution in [0.2, 0.25) is 0 Å². The molecule has 96 valence electrons. The van der Waals surface area contributed by atoms with Crippen LogP contribution in [0.3, 0.4) is 0 Å². The van der Waals surface area contributed by atoms with Crippen molar-refractivity contribution in [1.82, 2.24) is 4.90 Å². The van der Waals surface area contributed by atoms with Crippen molar-refractivity contribution in [2.75, 3.05) is 25.5 Å². The highest BCUT2D eigenvalue weighted by Gasteiger charge is 2.08. The molecule has 1 heterocycles. The van der Waals surface area contributed by atoms with Gasteiger partial charge in [0.15, 0.2) is 5.88 Å². The Bertz CT molecular complexity index is 360. The highest BCUT2D eigenvalue weighted by molar-refractivity contribution is 5.84. The van der Waals surface area contributed by atoms with Crippen molar-refractivity contribution < 1.29 is 14.3 Å². The molecular formula is C12H20N2O3. The summed E-state index contributed by atoms with van der Waals surface area (Å²) in [6, 6.07) is 3.62. The Morgan fingerprint density at radius 2 is 2.24 bits per heavy atom. The quantitative estimate of drug-likeness (QED) is 0.715. The zero-order valence-corrected chi connectivity index (χ0v) is 10.6. The van der Waals surface area contributed by atoms with Gasteiger partial charge in [-0.25, -0.2) is 4.79 Å². The second-order valence-corrected chi connectivity index (χ2v) is 4.32. The maximum atomic E-state index is 10.6. The summed E-state index contributed by atoms with van der Waals surface area (Å²) in [4.78, 5) is 12.8. The minimum Gasteiger partial charge on any atom is -0.475 e. The topological polar surface area (TPSA) is 65.7 Å². The minimum absolute atomic E-state index is 0.0354. The van der Waals surface area contributed by atoms with Crippen LogP contribution in [0.25, 0.3) is 0 Å². The molecule has 0 aromatic carbocycles. The van der Waals surface area contributed by atoms with Crippen LogP contribution < -0.4 is 5.32 Å². The van der Waals surface area contributed by atoms with Crippen molar-refractivity contribution in [3.05, 3.63) is 17.9 Å². The van der Waals surface area contributed by atoms with E-state index < -0.39 is 5.97 Å². The molecule has 0 aliphatic carbocycles. The molecule has 1 aromatic heterocycles. The monoisotopic (exact) mass is 240 g/mol. The van der Waals surface area contributed by atoms with Crippen LogP contribution >= 0.6 is 0 Å². The number of anilines is 1. The molecule has 5 heteroatoms. The average molecular weight is 240 g/mol. The largest absolute Gasteiger partial charge is 0.475 e. The van der Waals surface area contributed by atoms with Gasteiger partial charge in [-0.3, -0.25) is 0 Å². The van der Waals surface area contributed by atoms with Gasteiger partial charge in [0.25, 0.3) is 0 Å². The lowest BCUT2D eigenvalue weighted by Gasteiger charge is -2.20. The molecule has 0 radical (unpaired) electrons. The van der Waals surface area contributed by atoms with Gasteiger partial charge in [0.1, 0.15) is 0 Å². The molecule has 0 unspecified atom stereocenters. The highest BCUT2D eigenvalue weighted by Crippen LogP contribution is 2.12. The molecule has 0 aliphatic rings. The molecule has 0 aliphatic heterocycles. The van der Waals surface area contributed by atoms with Gasteiger partial charge in [-0.15, -0.1) is 0 Å². The molecule has 1 rings (SSSR count). The summed E-state index contributed by atoms with van der Waals surface area (Å²) in [5.41, 5.74) is 0. The predicted molar refractivity (Wildman–Crippen MR) is 66.5 cm³/mol. The van der Waals surface area contributed by atoms with Gasteiger partial charge < -0.3 is 19.7 Å². The Hall–Kier alpha value is -1.49. The fourth-order valence-electron chi connectivity index (χ4n) is 1.35. The first-order chi connectivity index (χ1) is 8.00. The molecule has 2 N–H and O–H groups in total. The summed E-state index contributed by atoms with van der Waals surface area (Å²) in [5, 5.41) is 11.7. The van der Waals surface area contributed by atoms with E-state index in [2.05, 4.69) is 31.1 Å². The second kappa shape index (κ2) is 6.30. The van der Waals surface area contributed by atoms with Crippen LogP contribution in [-0.4, -0.2) is 42.2 Å². The van der Waals surface area contributed by atoms with Gasteiger partial charge in [0, 0.05) is 18.7 Å². The minimum atomic E-state index is -1.04. The number of hydrogen-bond acceptors (Lipinski definition) is 4. The molecule has 0 saturated heterocycles. The van der Waals surface area contributed by atoms with E-state index in [0.29, 0.717) is 11.9 Å². The summed E-state index contributed by atoms with van der Waals surface area (Å²) >= 11 is 0. The number of carboxylic acid groups (broad SMARTS) is 1. The third kappa shape index (κ3) is 4.48. The fraction of sp³-hybridized carbons (Fsp3) is 0.583. The Morgan fingerprint density at radius 3 is 2.76 bits per heavy atom. The molecule has 0 bridgehead atoms. The maximum absolute atomic E-state index is 10.6. The van der Waals surface area contributed by atoms with Gasteiger partial charge in [0.05, 0.1) is 0 Å². The van der Waals surface area contributed by atoms with E-state index in [0.717, 1.165) is 19.5 Å². The number of nitrogens with one attached hydrogen (secondary N) is 1. The summed E-state index contributed by atoms with van der Waals surface area (Å²) < 4.78 is 5.08. The highest BCUT2D eigenvalue weighted by atomic mass is 16.4. The van der Waals surface area contributed by atoms with Crippen LogP contribution in [0.15, 0.2) is 16.5 Å². The lowest BCUT2D eigenvalue weighted by atomic mass is 10.3. The Morgan fingerprint density at radius 1 is 1.53 bits per heavy atom. The number of hydrogen-bond donors (Lipinski definition) is 2. The molecule has 0 amide bonds. The molecular weight excluding hydrogens is 220 g/mol. The Balaban J connectivity index is 2.24. The number of carbonyl (C=O) groups is 1. The van der Waals surface area contributed by atoms with Crippen molar-refractivity contribution >= 4 is 11.9 Å². The van der Waals surface area contributed by atoms with Crippen molar-refractivity contribution in [2.45, 2.75) is 26.3 Å². The number of rotatable bonds is 7. The molecule has 0 spiro atoms. The Kier molecular flexibility index (Phi) is 5.03. The summed E-state index contributed by atoms with van der Waals surface area (Å²) in [7, 11) is 2.08. The summed E-state index contributed by atoms with van der Waals surface area (Å²) in [6.07, 6.45) is 0.984. The second-order valence-electron chi connectivity index (χ2n) is 4.32. The zero-order valence-electron chi connectivity index (χ0n) is 10.6. The first kappa shape index (κ1) is 13.6. The van der Waals surface area contributed by atoms with Crippen LogP contribution in [0.5, 0.6) is 0 Å². The predicted octanol–water partition coefficient (Wildman–Crippen LogP) is 2.12. The van der Waals surface area contributed by atoms with E-state index >= 15 is 0 Å². The van der Waals surface area contributed by atoms with Crippen molar-refractivity contribution in [3.63, 3.8) is 0 Å². The van der Waals surface area contributed by atoms with Crippen LogP contribution in [-0.2, 0) is 0 Å². The smallest absolute Gasteiger partial charge is 0.371 e. The average Bonchev–Trinajstić information content (AvgIpc) is 2.72. The molecule has 5 nitrogen and oxygen atoms in total. The fourth-order valence-corrected chi connectivity index (χ4v) is 1.35. The summed E-state index contributed by atoms with van der Waals surface area (Å²) in [5.74, 6) is -0.570. The molecule has 1 aromatic rings. The van der Waals surface area contributed by atoms with E-state index in [4.69, 9.17) is 9.52 Å². The number of furan rings is 1. The van der Waals surface area contributed by atoms with Crippen LogP contribution in [0.1, 0.15) is 30.8 Å². The lowest BCUT2D eigenvalue weighted by Crippen LogP contribution is -2.28. The van der Waals surface area contributed by atoms with E-state index in [9.17, 15) is 4.79 Å². The third-order valence-corrected chi connectivity index (χ3v) is 2.69. The molecule has 17 heavy (non-hydrogen) atoms. The lowest BCUT2D eigenvalue weighted by molar-refractivity contribution is 0.0663. The molecule has 0 fully saturated rings. The number of nitrogens with zero attached hydrogens (tertiary/aromatic N) is 1. The zero-order chi connectivity index (χ0) is 12.8. The van der Waals surface area contributed by atoms with Crippen molar-refractivity contribution in [2.24, 2.45) is 0 Å². The van der Waals surface area contributed by atoms with E-state index in [1.165, 1.54) is 6.07 Å². The van der Waals surface area contributed by atoms with Crippen molar-refractivity contribution in [3.8, 4) is 0 Å². The van der Waals surface area contributed by atoms with Crippen molar-refractivity contribution in [1.29, 1.82) is 0 Å². The first-order valence-electron chi connectivity index (χ1n) is 5.78. The van der Waals surface area contributed by atoms with E-state index in [-0.39, 0.29) is 5.76 Å². The van der Waals surface area contributed by atoms with Crippen LogP contribution in [0.4, 0.5) is 5.88 Å². The van der Waals surface area contributed by atoms with Gasteiger partial charge >= 0.3 is 5.97 Å². The van der Waals surface area contributed by atoms with Crippen LogP contribution in [0, 0.1) is 0 Å². The van der Waals surface area contributed by atoms with E-state index in [1.807, 2.05) is 0 Å². The normalized spacial score (nSPS) is 11.1. The van der Waals surface area contributed by atoms with Gasteiger partial charge in [-0.1, -0.05) is 0 Å². The first-order valence-corrected chi connectivity index (χ1v) is 5.78. The van der Waals surface area contributed by atoms with Gasteiger partial charge in [0.2, 0.25) is 5.76 Å². The number of carboxylic acids is 1. The molecule has 0 atom stereocenters. The van der Waals surface area contributed by atoms with E-state index in [1.54, 1.807) is 6.07 Å². The molecule has 0 saturated carbocycles. The third-order valence-electron chi connectivity index (χ3n) is 2.69. The Labute approximate surface area is 101 Å².